The van der Waals surface area contributed by atoms with Crippen molar-refractivity contribution < 1.29 is 18.0 Å². The lowest BCUT2D eigenvalue weighted by atomic mass is 10.0. The molecule has 3 aromatic carbocycles. The summed E-state index contributed by atoms with van der Waals surface area (Å²) in [5, 5.41) is 3.06. The summed E-state index contributed by atoms with van der Waals surface area (Å²) in [5.41, 5.74) is 3.56. The monoisotopic (exact) mass is 541 g/mol. The topological polar surface area (TPSA) is 86.8 Å². The van der Waals surface area contributed by atoms with Gasteiger partial charge >= 0.3 is 0 Å². The minimum absolute atomic E-state index is 0.141. The zero-order chi connectivity index (χ0) is 27.2. The average Bonchev–Trinajstić information content (AvgIpc) is 2.87. The predicted molar refractivity (Wildman–Crippen MR) is 148 cm³/mol. The van der Waals surface area contributed by atoms with Gasteiger partial charge in [0, 0.05) is 25.0 Å². The average molecular weight is 542 g/mol. The summed E-state index contributed by atoms with van der Waals surface area (Å²) in [6.45, 7) is 3.30. The van der Waals surface area contributed by atoms with Gasteiger partial charge < -0.3 is 10.2 Å². The Hall–Kier alpha value is -3.36. The van der Waals surface area contributed by atoms with E-state index in [1.165, 1.54) is 11.9 Å². The molecule has 37 heavy (non-hydrogen) atoms. The Morgan fingerprint density at radius 1 is 0.946 bits per heavy atom. The highest BCUT2D eigenvalue weighted by atomic mass is 35.5. The Morgan fingerprint density at radius 3 is 2.22 bits per heavy atom. The molecule has 1 atom stereocenters. The lowest BCUT2D eigenvalue weighted by Gasteiger charge is -2.34. The zero-order valence-electron chi connectivity index (χ0n) is 21.4. The van der Waals surface area contributed by atoms with Crippen LogP contribution in [0.4, 0.5) is 5.69 Å². The molecule has 7 nitrogen and oxygen atoms in total. The van der Waals surface area contributed by atoms with Gasteiger partial charge in [0.2, 0.25) is 21.8 Å². The van der Waals surface area contributed by atoms with Crippen molar-refractivity contribution in [3.05, 3.63) is 100 Å². The van der Waals surface area contributed by atoms with Crippen LogP contribution >= 0.6 is 11.6 Å². The van der Waals surface area contributed by atoms with Gasteiger partial charge in [-0.25, -0.2) is 8.42 Å². The van der Waals surface area contributed by atoms with Crippen LogP contribution in [0.1, 0.15) is 22.3 Å². The molecule has 0 heterocycles. The molecule has 0 aliphatic heterocycles. The normalized spacial score (nSPS) is 12.0. The summed E-state index contributed by atoms with van der Waals surface area (Å²) in [5.74, 6) is -0.840. The fraction of sp³-hybridized carbons (Fsp3) is 0.286. The third-order valence-corrected chi connectivity index (χ3v) is 7.84. The van der Waals surface area contributed by atoms with E-state index in [1.54, 1.807) is 25.1 Å². The second-order valence-corrected chi connectivity index (χ2v) is 11.2. The first kappa shape index (κ1) is 28.2. The van der Waals surface area contributed by atoms with Gasteiger partial charge in [-0.15, -0.1) is 0 Å². The first-order chi connectivity index (χ1) is 17.5. The van der Waals surface area contributed by atoms with E-state index in [0.29, 0.717) is 16.3 Å². The molecule has 0 aliphatic rings. The number of hydrogen-bond donors (Lipinski definition) is 1. The Labute approximate surface area is 224 Å². The van der Waals surface area contributed by atoms with E-state index >= 15 is 0 Å². The number of nitrogens with zero attached hydrogens (tertiary/aromatic N) is 2. The SMILES string of the molecule is CNC(=O)[C@H](Cc1ccccc1)N(Cc1ccccc1C)C(=O)CN(c1cccc(Cl)c1C)S(C)(=O)=O. The van der Waals surface area contributed by atoms with Crippen molar-refractivity contribution in [1.82, 2.24) is 10.2 Å². The number of carbonyl (C=O) groups is 2. The van der Waals surface area contributed by atoms with E-state index in [2.05, 4.69) is 5.32 Å². The third-order valence-electron chi connectivity index (χ3n) is 6.31. The molecule has 0 fully saturated rings. The summed E-state index contributed by atoms with van der Waals surface area (Å²) in [7, 11) is -2.33. The van der Waals surface area contributed by atoms with Gasteiger partial charge in [0.15, 0.2) is 0 Å². The number of likely N-dealkylation sites (N-methyl/N-ethyl adjacent to an activating group) is 1. The van der Waals surface area contributed by atoms with E-state index < -0.39 is 28.5 Å². The third kappa shape index (κ3) is 7.11. The predicted octanol–water partition coefficient (Wildman–Crippen LogP) is 4.11. The Bertz CT molecular complexity index is 1360. The second kappa shape index (κ2) is 12.3. The molecule has 0 saturated heterocycles. The highest BCUT2D eigenvalue weighted by molar-refractivity contribution is 7.92. The van der Waals surface area contributed by atoms with E-state index in [-0.39, 0.29) is 18.9 Å². The first-order valence-electron chi connectivity index (χ1n) is 11.8. The summed E-state index contributed by atoms with van der Waals surface area (Å²) in [6, 6.07) is 21.1. The number of rotatable bonds is 10. The molecule has 0 radical (unpaired) electrons. The van der Waals surface area contributed by atoms with Gasteiger partial charge in [0.05, 0.1) is 11.9 Å². The minimum atomic E-state index is -3.85. The quantitative estimate of drug-likeness (QED) is 0.418. The van der Waals surface area contributed by atoms with Crippen LogP contribution in [0.2, 0.25) is 5.02 Å². The maximum absolute atomic E-state index is 13.9. The van der Waals surface area contributed by atoms with E-state index in [4.69, 9.17) is 11.6 Å². The van der Waals surface area contributed by atoms with Gasteiger partial charge in [0.1, 0.15) is 12.6 Å². The van der Waals surface area contributed by atoms with Crippen molar-refractivity contribution in [1.29, 1.82) is 0 Å². The van der Waals surface area contributed by atoms with Crippen molar-refractivity contribution in [3.8, 4) is 0 Å². The van der Waals surface area contributed by atoms with Crippen LogP contribution in [0, 0.1) is 13.8 Å². The van der Waals surface area contributed by atoms with Crippen molar-refractivity contribution in [2.75, 3.05) is 24.2 Å². The standard InChI is InChI=1S/C28H32ClN3O4S/c1-20-11-8-9-14-23(20)18-31(26(28(34)30-3)17-22-12-6-5-7-13-22)27(33)19-32(37(4,35)36)25-16-10-15-24(29)21(25)2/h5-16,26H,17-19H2,1-4H3,(H,30,34)/t26-/m0/s1. The molecule has 0 bridgehead atoms. The van der Waals surface area contributed by atoms with Gasteiger partial charge in [-0.1, -0.05) is 72.3 Å². The smallest absolute Gasteiger partial charge is 0.244 e. The van der Waals surface area contributed by atoms with Crippen molar-refractivity contribution in [3.63, 3.8) is 0 Å². The number of aryl methyl sites for hydroxylation is 1. The largest absolute Gasteiger partial charge is 0.357 e. The van der Waals surface area contributed by atoms with E-state index in [9.17, 15) is 18.0 Å². The molecule has 0 unspecified atom stereocenters. The minimum Gasteiger partial charge on any atom is -0.357 e. The zero-order valence-corrected chi connectivity index (χ0v) is 23.0. The Balaban J connectivity index is 2.07. The van der Waals surface area contributed by atoms with Crippen LogP contribution in [0.3, 0.4) is 0 Å². The fourth-order valence-corrected chi connectivity index (χ4v) is 5.22. The first-order valence-corrected chi connectivity index (χ1v) is 14.1. The molecule has 2 amide bonds. The molecule has 0 spiro atoms. The highest BCUT2D eigenvalue weighted by Gasteiger charge is 2.33. The Morgan fingerprint density at radius 2 is 1.59 bits per heavy atom. The van der Waals surface area contributed by atoms with Crippen LogP contribution in [0.5, 0.6) is 0 Å². The van der Waals surface area contributed by atoms with Gasteiger partial charge in [-0.05, 0) is 48.2 Å². The molecular formula is C28H32ClN3O4S. The Kier molecular flexibility index (Phi) is 9.34. The lowest BCUT2D eigenvalue weighted by Crippen LogP contribution is -2.53. The van der Waals surface area contributed by atoms with Crippen molar-refractivity contribution in [2.45, 2.75) is 32.9 Å². The highest BCUT2D eigenvalue weighted by Crippen LogP contribution is 2.28. The van der Waals surface area contributed by atoms with Crippen LogP contribution in [-0.2, 0) is 32.6 Å². The lowest BCUT2D eigenvalue weighted by molar-refractivity contribution is -0.139. The van der Waals surface area contributed by atoms with Crippen LogP contribution in [0.25, 0.3) is 0 Å². The molecule has 1 N–H and O–H groups in total. The summed E-state index contributed by atoms with van der Waals surface area (Å²) >= 11 is 6.26. The van der Waals surface area contributed by atoms with Crippen LogP contribution in [0.15, 0.2) is 72.8 Å². The summed E-state index contributed by atoms with van der Waals surface area (Å²) < 4.78 is 26.7. The van der Waals surface area contributed by atoms with E-state index in [1.807, 2.05) is 61.5 Å². The summed E-state index contributed by atoms with van der Waals surface area (Å²) in [4.78, 5) is 28.5. The van der Waals surface area contributed by atoms with Crippen molar-refractivity contribution >= 4 is 39.1 Å². The number of benzene rings is 3. The molecule has 3 aromatic rings. The fourth-order valence-electron chi connectivity index (χ4n) is 4.15. The maximum atomic E-state index is 13.9. The maximum Gasteiger partial charge on any atom is 0.244 e. The second-order valence-electron chi connectivity index (χ2n) is 8.92. The molecule has 0 aromatic heterocycles. The summed E-state index contributed by atoms with van der Waals surface area (Å²) in [6.07, 6.45) is 1.32. The molecule has 196 valence electrons. The van der Waals surface area contributed by atoms with Crippen molar-refractivity contribution in [2.24, 2.45) is 0 Å². The van der Waals surface area contributed by atoms with Gasteiger partial charge in [-0.2, -0.15) is 0 Å². The molecule has 3 rings (SSSR count). The van der Waals surface area contributed by atoms with Gasteiger partial charge in [-0.3, -0.25) is 13.9 Å². The number of hydrogen-bond acceptors (Lipinski definition) is 4. The number of anilines is 1. The molecule has 0 saturated carbocycles. The number of amides is 2. The van der Waals surface area contributed by atoms with E-state index in [0.717, 1.165) is 27.3 Å². The number of nitrogens with one attached hydrogen (secondary N) is 1. The van der Waals surface area contributed by atoms with Gasteiger partial charge in [0.25, 0.3) is 0 Å². The molecule has 9 heteroatoms. The molecular weight excluding hydrogens is 510 g/mol. The van der Waals surface area contributed by atoms with Crippen LogP contribution < -0.4 is 9.62 Å². The number of halogens is 1. The number of carbonyl (C=O) groups excluding carboxylic acids is 2. The molecule has 0 aliphatic carbocycles. The number of sulfonamides is 1. The van der Waals surface area contributed by atoms with Crippen LogP contribution in [-0.4, -0.2) is 51.0 Å².